The summed E-state index contributed by atoms with van der Waals surface area (Å²) >= 11 is 0. The van der Waals surface area contributed by atoms with Crippen molar-refractivity contribution in [1.82, 2.24) is 19.7 Å². The van der Waals surface area contributed by atoms with Crippen molar-refractivity contribution in [3.8, 4) is 0 Å². The van der Waals surface area contributed by atoms with Gasteiger partial charge in [-0.05, 0) is 58.7 Å². The van der Waals surface area contributed by atoms with Gasteiger partial charge < -0.3 is 24.3 Å². The van der Waals surface area contributed by atoms with Crippen molar-refractivity contribution in [2.24, 2.45) is 0 Å². The average Bonchev–Trinajstić information content (AvgIpc) is 3.17. The van der Waals surface area contributed by atoms with Crippen LogP contribution in [0.25, 0.3) is 6.08 Å². The van der Waals surface area contributed by atoms with Gasteiger partial charge >= 0.3 is 6.18 Å². The molecule has 1 aromatic heterocycles. The Hall–Kier alpha value is -5.49. The van der Waals surface area contributed by atoms with Crippen molar-refractivity contribution in [1.29, 1.82) is 0 Å². The van der Waals surface area contributed by atoms with Crippen LogP contribution in [0.2, 0.25) is 0 Å². The van der Waals surface area contributed by atoms with Crippen LogP contribution >= 0.6 is 0 Å². The number of benzene rings is 3. The minimum Gasteiger partial charge on any atom is -0.375 e. The third kappa shape index (κ3) is 11.2. The van der Waals surface area contributed by atoms with E-state index in [1.165, 1.54) is 29.2 Å². The lowest BCUT2D eigenvalue weighted by molar-refractivity contribution is -0.143. The summed E-state index contributed by atoms with van der Waals surface area (Å²) < 4.78 is 45.3. The highest BCUT2D eigenvalue weighted by Gasteiger charge is 2.32. The summed E-state index contributed by atoms with van der Waals surface area (Å²) in [5, 5.41) is 0. The Morgan fingerprint density at radius 1 is 0.868 bits per heavy atom. The normalized spacial score (nSPS) is 13.9. The molecule has 1 aliphatic rings. The quantitative estimate of drug-likeness (QED) is 0.115. The van der Waals surface area contributed by atoms with E-state index in [9.17, 15) is 27.6 Å². The summed E-state index contributed by atoms with van der Waals surface area (Å²) in [6, 6.07) is 24.6. The van der Waals surface area contributed by atoms with Crippen LogP contribution in [0.4, 0.5) is 18.9 Å². The van der Waals surface area contributed by atoms with Crippen LogP contribution in [-0.2, 0) is 44.9 Å². The Balaban J connectivity index is 1.38. The second-order valence-electron chi connectivity index (χ2n) is 13.0. The van der Waals surface area contributed by atoms with Gasteiger partial charge in [-0.25, -0.2) is 0 Å². The first kappa shape index (κ1) is 38.7. The number of amides is 3. The minimum atomic E-state index is -4.48. The predicted octanol–water partition coefficient (Wildman–Crippen LogP) is 6.10. The van der Waals surface area contributed by atoms with E-state index in [0.717, 1.165) is 34.5 Å². The molecule has 1 saturated heterocycles. The molecule has 1 fully saturated rings. The number of carbonyl (C=O) groups is 3. The molecule has 0 bridgehead atoms. The lowest BCUT2D eigenvalue weighted by Crippen LogP contribution is -2.51. The third-order valence-electron chi connectivity index (χ3n) is 9.19. The number of carbonyl (C=O) groups excluding carboxylic acids is 3. The maximum atomic E-state index is 14.3. The van der Waals surface area contributed by atoms with Crippen LogP contribution in [0.3, 0.4) is 0 Å². The van der Waals surface area contributed by atoms with Crippen LogP contribution in [0.15, 0.2) is 109 Å². The number of piperazine rings is 1. The second-order valence-corrected chi connectivity index (χ2v) is 13.0. The van der Waals surface area contributed by atoms with E-state index in [0.29, 0.717) is 38.3 Å². The van der Waals surface area contributed by atoms with E-state index in [4.69, 9.17) is 4.74 Å². The molecule has 1 atom stereocenters. The number of alkyl halides is 3. The molecule has 53 heavy (non-hydrogen) atoms. The molecule has 3 amide bonds. The maximum absolute atomic E-state index is 14.3. The molecule has 0 saturated carbocycles. The molecule has 12 heteroatoms. The van der Waals surface area contributed by atoms with Gasteiger partial charge in [0, 0.05) is 83.8 Å². The molecular formula is C41H44F3N5O4. The molecule has 1 unspecified atom stereocenters. The van der Waals surface area contributed by atoms with Gasteiger partial charge in [0.05, 0.1) is 18.8 Å². The van der Waals surface area contributed by atoms with E-state index in [1.54, 1.807) is 31.3 Å². The van der Waals surface area contributed by atoms with E-state index in [1.807, 2.05) is 71.6 Å². The topological polar surface area (TPSA) is 86.3 Å². The minimum absolute atomic E-state index is 0.0552. The Kier molecular flexibility index (Phi) is 13.4. The molecule has 0 spiro atoms. The smallest absolute Gasteiger partial charge is 0.375 e. The van der Waals surface area contributed by atoms with Crippen LogP contribution < -0.4 is 4.90 Å². The van der Waals surface area contributed by atoms with Crippen LogP contribution in [0.1, 0.15) is 34.7 Å². The average molecular weight is 728 g/mol. The predicted molar refractivity (Wildman–Crippen MR) is 197 cm³/mol. The zero-order valence-corrected chi connectivity index (χ0v) is 29.9. The van der Waals surface area contributed by atoms with Crippen molar-refractivity contribution < 1.29 is 32.3 Å². The zero-order valence-electron chi connectivity index (χ0n) is 29.9. The number of hydrogen-bond donors (Lipinski definition) is 0. The van der Waals surface area contributed by atoms with Crippen LogP contribution in [-0.4, -0.2) is 89.8 Å². The Labute approximate surface area is 308 Å². The monoisotopic (exact) mass is 727 g/mol. The number of pyridine rings is 1. The van der Waals surface area contributed by atoms with Crippen molar-refractivity contribution >= 4 is 29.5 Å². The summed E-state index contributed by atoms with van der Waals surface area (Å²) in [7, 11) is 1.68. The molecule has 9 nitrogen and oxygen atoms in total. The molecule has 0 radical (unpaired) electrons. The Morgan fingerprint density at radius 2 is 1.55 bits per heavy atom. The standard InChI is InChI=1S/C41H44F3N5O4/c1-31(50)47-21-23-48(24-22-47)37-17-12-34(13-18-37)29-49(39(51)19-14-32-10-15-36(16-11-32)41(42,43)44)38(27-33-7-4-3-5-8-33)40(52)46(2)25-26-53-30-35-9-6-20-45-28-35/h3-20,28,38H,21-27,29-30H2,1-2H3. The molecule has 0 aliphatic carbocycles. The molecule has 0 N–H and O–H groups in total. The van der Waals surface area contributed by atoms with Crippen molar-refractivity contribution in [3.05, 3.63) is 137 Å². The fourth-order valence-corrected chi connectivity index (χ4v) is 6.08. The first-order chi connectivity index (χ1) is 25.5. The zero-order chi connectivity index (χ0) is 37.8. The lowest BCUT2D eigenvalue weighted by Gasteiger charge is -2.36. The fourth-order valence-electron chi connectivity index (χ4n) is 6.08. The van der Waals surface area contributed by atoms with Gasteiger partial charge in [0.2, 0.25) is 17.7 Å². The van der Waals surface area contributed by atoms with E-state index >= 15 is 0 Å². The number of ether oxygens (including phenoxy) is 1. The van der Waals surface area contributed by atoms with Gasteiger partial charge in [0.1, 0.15) is 6.04 Å². The Bertz CT molecular complexity index is 1810. The van der Waals surface area contributed by atoms with Gasteiger partial charge in [0.15, 0.2) is 0 Å². The summed E-state index contributed by atoms with van der Waals surface area (Å²) in [6.45, 7) is 5.22. The van der Waals surface area contributed by atoms with Gasteiger partial charge in [-0.3, -0.25) is 19.4 Å². The van der Waals surface area contributed by atoms with E-state index in [2.05, 4.69) is 9.88 Å². The van der Waals surface area contributed by atoms with Crippen molar-refractivity contribution in [3.63, 3.8) is 0 Å². The molecular weight excluding hydrogens is 683 g/mol. The fraction of sp³-hybridized carbons (Fsp3) is 0.317. The summed E-state index contributed by atoms with van der Waals surface area (Å²) in [4.78, 5) is 51.4. The molecule has 2 heterocycles. The van der Waals surface area contributed by atoms with Crippen molar-refractivity contribution in [2.45, 2.75) is 38.7 Å². The number of hydrogen-bond acceptors (Lipinski definition) is 6. The molecule has 4 aromatic rings. The number of anilines is 1. The molecule has 5 rings (SSSR count). The van der Waals surface area contributed by atoms with Crippen LogP contribution in [0.5, 0.6) is 0 Å². The van der Waals surface area contributed by atoms with E-state index in [-0.39, 0.29) is 37.9 Å². The van der Waals surface area contributed by atoms with Gasteiger partial charge in [-0.2, -0.15) is 13.2 Å². The van der Waals surface area contributed by atoms with E-state index < -0.39 is 23.7 Å². The largest absolute Gasteiger partial charge is 0.416 e. The summed E-state index contributed by atoms with van der Waals surface area (Å²) in [6.07, 6.45) is 1.91. The second kappa shape index (κ2) is 18.3. The number of likely N-dealkylation sites (N-methyl/N-ethyl adjacent to an activating group) is 1. The van der Waals surface area contributed by atoms with Gasteiger partial charge in [0.25, 0.3) is 0 Å². The SMILES string of the molecule is CC(=O)N1CCN(c2ccc(CN(C(=O)C=Cc3ccc(C(F)(F)F)cc3)C(Cc3ccccc3)C(=O)N(C)CCOCc3cccnc3)cc2)CC1. The molecule has 278 valence electrons. The summed E-state index contributed by atoms with van der Waals surface area (Å²) in [5.74, 6) is -0.695. The highest BCUT2D eigenvalue weighted by Crippen LogP contribution is 2.29. The highest BCUT2D eigenvalue weighted by molar-refractivity contribution is 5.95. The molecule has 3 aromatic carbocycles. The van der Waals surface area contributed by atoms with Crippen molar-refractivity contribution in [2.75, 3.05) is 51.3 Å². The van der Waals surface area contributed by atoms with Gasteiger partial charge in [-0.1, -0.05) is 60.7 Å². The first-order valence-corrected chi connectivity index (χ1v) is 17.5. The summed E-state index contributed by atoms with van der Waals surface area (Å²) in [5.41, 5.74) is 3.17. The van der Waals surface area contributed by atoms with Gasteiger partial charge in [-0.15, -0.1) is 0 Å². The van der Waals surface area contributed by atoms with Crippen LogP contribution in [0, 0.1) is 0 Å². The number of aromatic nitrogens is 1. The Morgan fingerprint density at radius 3 is 2.17 bits per heavy atom. The number of nitrogens with zero attached hydrogens (tertiary/aromatic N) is 5. The maximum Gasteiger partial charge on any atom is 0.416 e. The molecule has 1 aliphatic heterocycles. The number of rotatable bonds is 14. The number of halogens is 3. The third-order valence-corrected chi connectivity index (χ3v) is 9.19. The lowest BCUT2D eigenvalue weighted by atomic mass is 10.0. The highest BCUT2D eigenvalue weighted by atomic mass is 19.4. The first-order valence-electron chi connectivity index (χ1n) is 17.5.